The number of carbonyl (C=O) groups is 3. The lowest BCUT2D eigenvalue weighted by Crippen LogP contribution is -2.44. The Bertz CT molecular complexity index is 1750. The minimum Gasteiger partial charge on any atom is -0.492 e. The van der Waals surface area contributed by atoms with Crippen molar-refractivity contribution in [2.24, 2.45) is 5.41 Å². The molecule has 2 atom stereocenters. The Morgan fingerprint density at radius 2 is 1.65 bits per heavy atom. The first-order valence-corrected chi connectivity index (χ1v) is 19.2. The number of anilines is 1. The van der Waals surface area contributed by atoms with Crippen LogP contribution in [0.25, 0.3) is 0 Å². The average molecular weight is 786 g/mol. The van der Waals surface area contributed by atoms with Gasteiger partial charge in [0.1, 0.15) is 17.8 Å². The van der Waals surface area contributed by atoms with Gasteiger partial charge in [0.2, 0.25) is 0 Å². The quantitative estimate of drug-likeness (QED) is 0.111. The maximum atomic E-state index is 14.2. The number of rotatable bonds is 15. The standard InChI is InChI=1S/C42H54Cl2N2O8/c1-9-51-36(47)26-35-39(48)46(27-41(2,3)4)33-21-20-29(43)25-31(33)37(53-35)30-17-12-19-34(38(30)50-8)52-24-14-23-45(40(49)54-42(5,6)7)22-13-16-28-15-10-11-18-32(28)44/h10-12,15,17-21,25,35,37H,9,13-14,16,22-24,26-27H2,1-8H3. The fraction of sp³-hybridized carbons (Fsp3) is 0.500. The normalized spacial score (nSPS) is 16.0. The Hall–Kier alpha value is -3.99. The van der Waals surface area contributed by atoms with Crippen LogP contribution in [0.15, 0.2) is 60.7 Å². The van der Waals surface area contributed by atoms with Crippen molar-refractivity contribution < 1.29 is 38.1 Å². The van der Waals surface area contributed by atoms with Crippen molar-refractivity contribution in [1.82, 2.24) is 4.90 Å². The zero-order valence-electron chi connectivity index (χ0n) is 32.7. The molecule has 0 spiro atoms. The minimum absolute atomic E-state index is 0.177. The first kappa shape index (κ1) is 42.7. The molecule has 2 unspecified atom stereocenters. The second-order valence-corrected chi connectivity index (χ2v) is 16.3. The molecule has 0 saturated heterocycles. The van der Waals surface area contributed by atoms with E-state index in [1.807, 2.05) is 84.0 Å². The van der Waals surface area contributed by atoms with Gasteiger partial charge in [-0.25, -0.2) is 4.79 Å². The van der Waals surface area contributed by atoms with Crippen LogP contribution < -0.4 is 14.4 Å². The number of benzene rings is 3. The molecule has 10 nitrogen and oxygen atoms in total. The molecule has 4 rings (SSSR count). The van der Waals surface area contributed by atoms with Crippen LogP contribution in [0, 0.1) is 5.41 Å². The lowest BCUT2D eigenvalue weighted by molar-refractivity contribution is -0.151. The Labute approximate surface area is 329 Å². The molecule has 3 aromatic rings. The molecule has 1 heterocycles. The van der Waals surface area contributed by atoms with E-state index in [0.29, 0.717) is 70.8 Å². The van der Waals surface area contributed by atoms with E-state index in [0.717, 1.165) is 12.0 Å². The van der Waals surface area contributed by atoms with Crippen LogP contribution in [-0.4, -0.2) is 74.5 Å². The molecule has 0 radical (unpaired) electrons. The molecule has 0 bridgehead atoms. The van der Waals surface area contributed by atoms with Crippen LogP contribution in [-0.2, 0) is 30.2 Å². The fourth-order valence-corrected chi connectivity index (χ4v) is 6.66. The summed E-state index contributed by atoms with van der Waals surface area (Å²) in [6.45, 7) is 15.1. The van der Waals surface area contributed by atoms with Crippen LogP contribution in [0.4, 0.5) is 10.5 Å². The summed E-state index contributed by atoms with van der Waals surface area (Å²) >= 11 is 12.9. The third-order valence-electron chi connectivity index (χ3n) is 8.50. The highest BCUT2D eigenvalue weighted by Gasteiger charge is 2.40. The monoisotopic (exact) mass is 784 g/mol. The van der Waals surface area contributed by atoms with Gasteiger partial charge in [0, 0.05) is 46.5 Å². The first-order chi connectivity index (χ1) is 25.5. The number of esters is 1. The molecule has 0 N–H and O–H groups in total. The highest BCUT2D eigenvalue weighted by Crippen LogP contribution is 2.46. The Morgan fingerprint density at radius 3 is 2.31 bits per heavy atom. The molecule has 12 heteroatoms. The number of fused-ring (bicyclic) bond motifs is 1. The van der Waals surface area contributed by atoms with E-state index in [4.69, 9.17) is 46.9 Å². The van der Waals surface area contributed by atoms with E-state index < -0.39 is 29.9 Å². The number of amides is 2. The van der Waals surface area contributed by atoms with Gasteiger partial charge in [-0.05, 0) is 88.3 Å². The number of para-hydroxylation sites is 1. The van der Waals surface area contributed by atoms with Gasteiger partial charge < -0.3 is 33.5 Å². The third-order valence-corrected chi connectivity index (χ3v) is 9.11. The minimum atomic E-state index is -1.14. The number of hydrogen-bond acceptors (Lipinski definition) is 8. The van der Waals surface area contributed by atoms with Crippen LogP contribution in [0.1, 0.15) is 90.5 Å². The lowest BCUT2D eigenvalue weighted by atomic mass is 9.94. The van der Waals surface area contributed by atoms with Gasteiger partial charge in [-0.1, -0.05) is 74.3 Å². The number of nitrogens with zero attached hydrogens (tertiary/aromatic N) is 2. The smallest absolute Gasteiger partial charge is 0.410 e. The van der Waals surface area contributed by atoms with Crippen molar-refractivity contribution in [3.63, 3.8) is 0 Å². The Balaban J connectivity index is 1.59. The summed E-state index contributed by atoms with van der Waals surface area (Å²) < 4.78 is 29.8. The highest BCUT2D eigenvalue weighted by atomic mass is 35.5. The van der Waals surface area contributed by atoms with Gasteiger partial charge in [-0.2, -0.15) is 0 Å². The molecule has 1 aliphatic rings. The van der Waals surface area contributed by atoms with Crippen LogP contribution in [0.3, 0.4) is 0 Å². The average Bonchev–Trinajstić information content (AvgIpc) is 3.18. The van der Waals surface area contributed by atoms with Gasteiger partial charge in [-0.15, -0.1) is 0 Å². The number of aryl methyl sites for hydroxylation is 1. The van der Waals surface area contributed by atoms with Crippen molar-refractivity contribution in [2.75, 3.05) is 44.9 Å². The maximum Gasteiger partial charge on any atom is 0.410 e. The summed E-state index contributed by atoms with van der Waals surface area (Å²) in [5.41, 5.74) is 1.97. The second kappa shape index (κ2) is 19.0. The fourth-order valence-electron chi connectivity index (χ4n) is 6.25. The summed E-state index contributed by atoms with van der Waals surface area (Å²) in [5, 5.41) is 1.16. The number of carbonyl (C=O) groups excluding carboxylic acids is 3. The van der Waals surface area contributed by atoms with Gasteiger partial charge in [0.15, 0.2) is 11.5 Å². The largest absolute Gasteiger partial charge is 0.492 e. The van der Waals surface area contributed by atoms with Crippen molar-refractivity contribution in [3.05, 3.63) is 87.4 Å². The van der Waals surface area contributed by atoms with E-state index in [9.17, 15) is 14.4 Å². The summed E-state index contributed by atoms with van der Waals surface area (Å²) in [7, 11) is 1.54. The van der Waals surface area contributed by atoms with Gasteiger partial charge in [-0.3, -0.25) is 9.59 Å². The number of halogens is 2. The van der Waals surface area contributed by atoms with E-state index in [2.05, 4.69) is 0 Å². The maximum absolute atomic E-state index is 14.2. The van der Waals surface area contributed by atoms with Crippen LogP contribution >= 0.6 is 23.2 Å². The third kappa shape index (κ3) is 12.0. The lowest BCUT2D eigenvalue weighted by Gasteiger charge is -2.31. The van der Waals surface area contributed by atoms with E-state index >= 15 is 0 Å². The molecule has 1 aliphatic heterocycles. The molecule has 2 amide bonds. The topological polar surface area (TPSA) is 104 Å². The van der Waals surface area contributed by atoms with Crippen molar-refractivity contribution >= 4 is 46.9 Å². The Kier molecular flexibility index (Phi) is 15.1. The molecule has 3 aromatic carbocycles. The van der Waals surface area contributed by atoms with Gasteiger partial charge in [0.05, 0.1) is 26.7 Å². The molecule has 0 aliphatic carbocycles. The van der Waals surface area contributed by atoms with Gasteiger partial charge in [0.25, 0.3) is 5.91 Å². The first-order valence-electron chi connectivity index (χ1n) is 18.4. The number of ether oxygens (including phenoxy) is 5. The van der Waals surface area contributed by atoms with E-state index in [-0.39, 0.29) is 31.0 Å². The number of methoxy groups -OCH3 is 1. The van der Waals surface area contributed by atoms with Crippen molar-refractivity contribution in [1.29, 1.82) is 0 Å². The molecule has 54 heavy (non-hydrogen) atoms. The van der Waals surface area contributed by atoms with Crippen molar-refractivity contribution in [3.8, 4) is 11.5 Å². The number of hydrogen-bond donors (Lipinski definition) is 0. The predicted octanol–water partition coefficient (Wildman–Crippen LogP) is 9.46. The molecule has 0 aromatic heterocycles. The summed E-state index contributed by atoms with van der Waals surface area (Å²) in [4.78, 5) is 43.5. The molecule has 0 fully saturated rings. The second-order valence-electron chi connectivity index (χ2n) is 15.4. The summed E-state index contributed by atoms with van der Waals surface area (Å²) in [6.07, 6.45) is -0.723. The zero-order chi connectivity index (χ0) is 39.6. The summed E-state index contributed by atoms with van der Waals surface area (Å²) in [6, 6.07) is 18.5. The van der Waals surface area contributed by atoms with Gasteiger partial charge >= 0.3 is 12.1 Å². The van der Waals surface area contributed by atoms with E-state index in [1.165, 1.54) is 7.11 Å². The Morgan fingerprint density at radius 1 is 0.926 bits per heavy atom. The molecule has 294 valence electrons. The van der Waals surface area contributed by atoms with Crippen molar-refractivity contribution in [2.45, 2.75) is 92.0 Å². The molecular formula is C42H54Cl2N2O8. The summed E-state index contributed by atoms with van der Waals surface area (Å²) in [5.74, 6) is -0.0305. The van der Waals surface area contributed by atoms with Crippen LogP contribution in [0.2, 0.25) is 10.0 Å². The van der Waals surface area contributed by atoms with E-state index in [1.54, 1.807) is 34.9 Å². The van der Waals surface area contributed by atoms with Crippen LogP contribution in [0.5, 0.6) is 11.5 Å². The molecule has 0 saturated carbocycles. The SMILES string of the molecule is CCOC(=O)CC1OC(c2cccc(OCCCN(CCCc3ccccc3Cl)C(=O)OC(C)(C)C)c2OC)c2cc(Cl)ccc2N(CC(C)(C)C)C1=O. The predicted molar refractivity (Wildman–Crippen MR) is 212 cm³/mol. The highest BCUT2D eigenvalue weighted by molar-refractivity contribution is 6.31. The zero-order valence-corrected chi connectivity index (χ0v) is 34.2. The molecular weight excluding hydrogens is 731 g/mol.